The van der Waals surface area contributed by atoms with Crippen LogP contribution in [0.2, 0.25) is 0 Å². The topological polar surface area (TPSA) is 0 Å². The highest BCUT2D eigenvalue weighted by Gasteiger charge is 2.54. The Morgan fingerprint density at radius 1 is 0.447 bits per heavy atom. The molecule has 0 fully saturated rings. The fourth-order valence-electron chi connectivity index (χ4n) is 6.82. The summed E-state index contributed by atoms with van der Waals surface area (Å²) < 4.78 is 0. The van der Waals surface area contributed by atoms with E-state index in [4.69, 9.17) is 0 Å². The van der Waals surface area contributed by atoms with E-state index in [1.165, 1.54) is 44.5 Å². The number of hydrogen-bond donors (Lipinski definition) is 0. The van der Waals surface area contributed by atoms with E-state index in [1.54, 1.807) is 20.7 Å². The van der Waals surface area contributed by atoms with Gasteiger partial charge < -0.3 is 0 Å². The van der Waals surface area contributed by atoms with Gasteiger partial charge in [0, 0.05) is 0 Å². The molecule has 2 heterocycles. The monoisotopic (exact) mass is 514 g/mol. The molecule has 0 saturated heterocycles. The average molecular weight is 515 g/mol. The Morgan fingerprint density at radius 2 is 0.763 bits per heavy atom. The molecule has 0 amide bonds. The Balaban J connectivity index is 1.82. The molecule has 0 radical (unpaired) electrons. The van der Waals surface area contributed by atoms with Crippen molar-refractivity contribution < 1.29 is 0 Å². The van der Waals surface area contributed by atoms with E-state index in [0.29, 0.717) is 17.8 Å². The lowest BCUT2D eigenvalue weighted by molar-refractivity contribution is 0.591. The molecule has 0 nitrogen and oxygen atoms in total. The molecule has 0 bridgehead atoms. The van der Waals surface area contributed by atoms with Gasteiger partial charge in [-0.25, -0.2) is 0 Å². The quantitative estimate of drug-likeness (QED) is 0.212. The molecule has 2 aliphatic heterocycles. The molecular weight excluding hydrogens is 472 g/mol. The minimum absolute atomic E-state index is 0.103. The second-order valence-electron chi connectivity index (χ2n) is 13.6. The summed E-state index contributed by atoms with van der Waals surface area (Å²) in [6.45, 7) is 21.1. The molecule has 6 rings (SSSR count). The van der Waals surface area contributed by atoms with E-state index < -0.39 is 8.07 Å². The van der Waals surface area contributed by atoms with Crippen molar-refractivity contribution >= 4 is 28.8 Å². The highest BCUT2D eigenvalue weighted by molar-refractivity contribution is 7.24. The van der Waals surface area contributed by atoms with Crippen molar-refractivity contribution in [3.05, 3.63) is 95.1 Å². The van der Waals surface area contributed by atoms with Crippen LogP contribution in [0, 0.1) is 0 Å². The van der Waals surface area contributed by atoms with E-state index in [0.717, 1.165) is 0 Å². The second-order valence-corrected chi connectivity index (χ2v) is 17.3. The summed E-state index contributed by atoms with van der Waals surface area (Å²) in [5.74, 6) is 1.51. The molecule has 194 valence electrons. The van der Waals surface area contributed by atoms with E-state index in [-0.39, 0.29) is 5.41 Å². The van der Waals surface area contributed by atoms with E-state index in [9.17, 15) is 0 Å². The van der Waals surface area contributed by atoms with Gasteiger partial charge in [-0.1, -0.05) is 135 Å². The van der Waals surface area contributed by atoms with Crippen molar-refractivity contribution in [3.63, 3.8) is 0 Å². The molecule has 0 aliphatic carbocycles. The maximum atomic E-state index is 2.61. The predicted molar refractivity (Wildman–Crippen MR) is 169 cm³/mol. The standard InChI is InChI=1S/C37H42Si/c1-22(2)25-10-14-29-30-15-11-26(23(3)4)19-34(30)38(33(29)18-25)35-20-27(24(5)6)12-16-31(35)32-17-13-28(21-36(32)38)37(7,8)9/h10-24H,1-9H3. The van der Waals surface area contributed by atoms with Crippen molar-refractivity contribution in [1.82, 2.24) is 0 Å². The van der Waals surface area contributed by atoms with Gasteiger partial charge in [0.05, 0.1) is 0 Å². The van der Waals surface area contributed by atoms with E-state index in [2.05, 4.69) is 135 Å². The zero-order valence-electron chi connectivity index (χ0n) is 24.7. The zero-order chi connectivity index (χ0) is 27.1. The Labute approximate surface area is 231 Å². The molecule has 0 atom stereocenters. The largest absolute Gasteiger partial charge is 0.182 e. The molecule has 0 N–H and O–H groups in total. The van der Waals surface area contributed by atoms with Crippen molar-refractivity contribution in [2.75, 3.05) is 0 Å². The number of rotatable bonds is 3. The first-order valence-corrected chi connectivity index (χ1v) is 16.5. The second kappa shape index (κ2) is 8.55. The van der Waals surface area contributed by atoms with Crippen LogP contribution in [-0.4, -0.2) is 8.07 Å². The fourth-order valence-corrected chi connectivity index (χ4v) is 12.6. The number of hydrogen-bond acceptors (Lipinski definition) is 0. The molecular formula is C37H42Si. The van der Waals surface area contributed by atoms with Gasteiger partial charge in [-0.15, -0.1) is 0 Å². The van der Waals surface area contributed by atoms with E-state index in [1.807, 2.05) is 0 Å². The normalized spacial score (nSPS) is 14.8. The maximum Gasteiger partial charge on any atom is 0.182 e. The lowest BCUT2D eigenvalue weighted by atomic mass is 9.86. The van der Waals surface area contributed by atoms with Gasteiger partial charge in [0.2, 0.25) is 0 Å². The Kier molecular flexibility index (Phi) is 5.71. The minimum Gasteiger partial charge on any atom is -0.0587 e. The van der Waals surface area contributed by atoms with Crippen LogP contribution >= 0.6 is 0 Å². The third kappa shape index (κ3) is 3.47. The van der Waals surface area contributed by atoms with Gasteiger partial charge in [0.25, 0.3) is 0 Å². The lowest BCUT2D eigenvalue weighted by Gasteiger charge is -2.30. The lowest BCUT2D eigenvalue weighted by Crippen LogP contribution is -2.71. The minimum atomic E-state index is -2.49. The first-order chi connectivity index (χ1) is 17.9. The summed E-state index contributed by atoms with van der Waals surface area (Å²) in [4.78, 5) is 0. The van der Waals surface area contributed by atoms with Crippen LogP contribution in [-0.2, 0) is 5.41 Å². The molecule has 38 heavy (non-hydrogen) atoms. The zero-order valence-corrected chi connectivity index (χ0v) is 25.7. The molecule has 0 saturated carbocycles. The molecule has 2 aliphatic rings. The SMILES string of the molecule is CC(C)c1ccc2c(c1)[Si]1(c3cc(C(C)C)ccc3-2)c2cc(C(C)C)ccc2-c2ccc(C(C)(C)C)cc21. The van der Waals surface area contributed by atoms with Crippen molar-refractivity contribution in [2.24, 2.45) is 0 Å². The number of benzene rings is 4. The van der Waals surface area contributed by atoms with Crippen LogP contribution in [0.15, 0.2) is 72.8 Å². The Bertz CT molecular complexity index is 1490. The molecule has 4 aromatic rings. The summed E-state index contributed by atoms with van der Waals surface area (Å²) in [5, 5.41) is 6.41. The van der Waals surface area contributed by atoms with E-state index >= 15 is 0 Å². The number of fused-ring (bicyclic) bond motifs is 10. The van der Waals surface area contributed by atoms with Crippen LogP contribution in [0.25, 0.3) is 22.3 Å². The molecule has 0 aromatic heterocycles. The summed E-state index contributed by atoms with van der Waals surface area (Å²) in [6, 6.07) is 29.7. The highest BCUT2D eigenvalue weighted by Crippen LogP contribution is 2.39. The van der Waals surface area contributed by atoms with Gasteiger partial charge in [-0.3, -0.25) is 0 Å². The smallest absolute Gasteiger partial charge is 0.0587 e. The first-order valence-electron chi connectivity index (χ1n) is 14.5. The third-order valence-corrected chi connectivity index (χ3v) is 14.1. The fraction of sp³-hybridized carbons (Fsp3) is 0.351. The Morgan fingerprint density at radius 3 is 1.08 bits per heavy atom. The predicted octanol–water partition coefficient (Wildman–Crippen LogP) is 7.69. The van der Waals surface area contributed by atoms with Crippen LogP contribution in [0.1, 0.15) is 102 Å². The highest BCUT2D eigenvalue weighted by atomic mass is 28.3. The summed E-state index contributed by atoms with van der Waals surface area (Å²) in [7, 11) is -2.49. The summed E-state index contributed by atoms with van der Waals surface area (Å²) in [6.07, 6.45) is 0. The Hall–Kier alpha value is -2.90. The van der Waals surface area contributed by atoms with Gasteiger partial charge in [-0.05, 0) is 88.4 Å². The van der Waals surface area contributed by atoms with Crippen molar-refractivity contribution in [2.45, 2.75) is 85.5 Å². The molecule has 0 unspecified atom stereocenters. The molecule has 1 spiro atoms. The average Bonchev–Trinajstić information content (AvgIpc) is 3.33. The van der Waals surface area contributed by atoms with Gasteiger partial charge in [0.1, 0.15) is 0 Å². The molecule has 1 heteroatoms. The van der Waals surface area contributed by atoms with Crippen LogP contribution in [0.4, 0.5) is 0 Å². The van der Waals surface area contributed by atoms with Crippen LogP contribution in [0.5, 0.6) is 0 Å². The van der Waals surface area contributed by atoms with Crippen LogP contribution in [0.3, 0.4) is 0 Å². The van der Waals surface area contributed by atoms with Gasteiger partial charge in [0.15, 0.2) is 8.07 Å². The summed E-state index contributed by atoms with van der Waals surface area (Å²) in [5.41, 5.74) is 11.7. The van der Waals surface area contributed by atoms with Crippen molar-refractivity contribution in [1.29, 1.82) is 0 Å². The first kappa shape index (κ1) is 25.4. The third-order valence-electron chi connectivity index (χ3n) is 9.21. The van der Waals surface area contributed by atoms with Crippen molar-refractivity contribution in [3.8, 4) is 22.3 Å². The summed E-state index contributed by atoms with van der Waals surface area (Å²) >= 11 is 0. The van der Waals surface area contributed by atoms with Gasteiger partial charge in [-0.2, -0.15) is 0 Å². The maximum absolute atomic E-state index is 2.61. The van der Waals surface area contributed by atoms with Crippen LogP contribution < -0.4 is 20.7 Å². The van der Waals surface area contributed by atoms with Gasteiger partial charge >= 0.3 is 0 Å². The molecule has 4 aromatic carbocycles.